The van der Waals surface area contributed by atoms with Crippen LogP contribution in [0, 0.1) is 0 Å². The van der Waals surface area contributed by atoms with Crippen molar-refractivity contribution in [2.45, 2.75) is 69.2 Å². The average Bonchev–Trinajstić information content (AvgIpc) is 2.89. The van der Waals surface area contributed by atoms with Crippen molar-refractivity contribution in [2.24, 2.45) is 0 Å². The first kappa shape index (κ1) is 17.3. The maximum absolute atomic E-state index is 10.5. The number of para-hydroxylation sites is 1. The Morgan fingerprint density at radius 3 is 2.32 bits per heavy atom. The van der Waals surface area contributed by atoms with Crippen LogP contribution in [0.2, 0.25) is 0 Å². The van der Waals surface area contributed by atoms with E-state index in [4.69, 9.17) is 4.74 Å². The molecule has 2 saturated heterocycles. The normalized spacial score (nSPS) is 29.1. The van der Waals surface area contributed by atoms with E-state index in [0.29, 0.717) is 24.8 Å². The summed E-state index contributed by atoms with van der Waals surface area (Å²) in [5.74, 6) is 0. The number of nitrogens with zero attached hydrogens (tertiary/aromatic N) is 2. The standard InChI is InChI=1S/C21H32N2O2/c24-20(16-25-21-9-5-2-6-10-21)15-23-18-11-12-19(23)14-22(13-18)17-7-3-1-4-8-17/h1,3-4,7-8,18-21,24H,2,5-6,9-16H2/t18-,19+,20-/m1/s1. The molecule has 2 aliphatic heterocycles. The fourth-order valence-electron chi connectivity index (χ4n) is 4.91. The molecule has 1 N–H and O–H groups in total. The van der Waals surface area contributed by atoms with E-state index in [1.807, 2.05) is 0 Å². The van der Waals surface area contributed by atoms with Gasteiger partial charge in [-0.05, 0) is 37.8 Å². The molecule has 1 aromatic rings. The summed E-state index contributed by atoms with van der Waals surface area (Å²) in [5.41, 5.74) is 1.33. The number of anilines is 1. The first-order valence-corrected chi connectivity index (χ1v) is 10.1. The average molecular weight is 344 g/mol. The van der Waals surface area contributed by atoms with E-state index < -0.39 is 0 Å². The van der Waals surface area contributed by atoms with Crippen LogP contribution in [0.25, 0.3) is 0 Å². The quantitative estimate of drug-likeness (QED) is 0.860. The molecule has 3 fully saturated rings. The summed E-state index contributed by atoms with van der Waals surface area (Å²) in [6, 6.07) is 11.9. The van der Waals surface area contributed by atoms with Crippen molar-refractivity contribution in [3.05, 3.63) is 30.3 Å². The number of rotatable bonds is 6. The van der Waals surface area contributed by atoms with Crippen molar-refractivity contribution in [2.75, 3.05) is 31.1 Å². The number of fused-ring (bicyclic) bond motifs is 2. The van der Waals surface area contributed by atoms with Gasteiger partial charge < -0.3 is 14.7 Å². The van der Waals surface area contributed by atoms with Gasteiger partial charge in [-0.1, -0.05) is 37.5 Å². The second-order valence-electron chi connectivity index (χ2n) is 8.07. The number of hydrogen-bond donors (Lipinski definition) is 1. The van der Waals surface area contributed by atoms with Gasteiger partial charge >= 0.3 is 0 Å². The molecule has 1 aromatic carbocycles. The number of ether oxygens (including phenoxy) is 1. The van der Waals surface area contributed by atoms with E-state index >= 15 is 0 Å². The van der Waals surface area contributed by atoms with Crippen LogP contribution in [0.1, 0.15) is 44.9 Å². The van der Waals surface area contributed by atoms with Gasteiger partial charge in [0.1, 0.15) is 0 Å². The molecule has 4 nitrogen and oxygen atoms in total. The van der Waals surface area contributed by atoms with E-state index in [0.717, 1.165) is 19.6 Å². The number of aliphatic hydroxyl groups is 1. The Kier molecular flexibility index (Phi) is 5.59. The molecule has 1 saturated carbocycles. The van der Waals surface area contributed by atoms with Crippen molar-refractivity contribution >= 4 is 5.69 Å². The van der Waals surface area contributed by atoms with Crippen LogP contribution in [0.3, 0.4) is 0 Å². The predicted octanol–water partition coefficient (Wildman–Crippen LogP) is 3.05. The van der Waals surface area contributed by atoms with Crippen molar-refractivity contribution in [1.82, 2.24) is 4.90 Å². The van der Waals surface area contributed by atoms with Gasteiger partial charge in [0.05, 0.1) is 18.8 Å². The van der Waals surface area contributed by atoms with Crippen LogP contribution >= 0.6 is 0 Å². The first-order valence-electron chi connectivity index (χ1n) is 10.1. The Labute approximate surface area is 151 Å². The third-order valence-electron chi connectivity index (χ3n) is 6.25. The summed E-state index contributed by atoms with van der Waals surface area (Å²) in [7, 11) is 0. The lowest BCUT2D eigenvalue weighted by Crippen LogP contribution is -2.56. The number of aliphatic hydroxyl groups excluding tert-OH is 1. The summed E-state index contributed by atoms with van der Waals surface area (Å²) in [4.78, 5) is 5.07. The third kappa shape index (κ3) is 4.18. The van der Waals surface area contributed by atoms with Crippen molar-refractivity contribution < 1.29 is 9.84 Å². The minimum absolute atomic E-state index is 0.353. The van der Waals surface area contributed by atoms with Crippen LogP contribution in [0.15, 0.2) is 30.3 Å². The monoisotopic (exact) mass is 344 g/mol. The molecule has 0 aromatic heterocycles. The lowest BCUT2D eigenvalue weighted by Gasteiger charge is -2.43. The minimum Gasteiger partial charge on any atom is -0.389 e. The van der Waals surface area contributed by atoms with Crippen LogP contribution in [-0.2, 0) is 4.74 Å². The van der Waals surface area contributed by atoms with Crippen molar-refractivity contribution in [3.63, 3.8) is 0 Å². The lowest BCUT2D eigenvalue weighted by atomic mass is 9.98. The largest absolute Gasteiger partial charge is 0.389 e. The molecular weight excluding hydrogens is 312 g/mol. The lowest BCUT2D eigenvalue weighted by molar-refractivity contribution is -0.0389. The number of piperazine rings is 1. The van der Waals surface area contributed by atoms with Gasteiger partial charge in [-0.25, -0.2) is 0 Å². The number of benzene rings is 1. The molecule has 3 atom stereocenters. The molecule has 4 rings (SSSR count). The zero-order valence-corrected chi connectivity index (χ0v) is 15.2. The summed E-state index contributed by atoms with van der Waals surface area (Å²) in [6.45, 7) is 3.43. The fraction of sp³-hybridized carbons (Fsp3) is 0.714. The molecule has 0 unspecified atom stereocenters. The molecule has 2 heterocycles. The topological polar surface area (TPSA) is 35.9 Å². The van der Waals surface area contributed by atoms with Crippen molar-refractivity contribution in [1.29, 1.82) is 0 Å². The van der Waals surface area contributed by atoms with Gasteiger partial charge in [0.15, 0.2) is 0 Å². The molecule has 0 amide bonds. The van der Waals surface area contributed by atoms with Gasteiger partial charge in [0.25, 0.3) is 0 Å². The molecule has 0 spiro atoms. The van der Waals surface area contributed by atoms with E-state index in [2.05, 4.69) is 40.1 Å². The van der Waals surface area contributed by atoms with Gasteiger partial charge in [0, 0.05) is 37.4 Å². The third-order valence-corrected chi connectivity index (χ3v) is 6.25. The molecule has 2 bridgehead atoms. The maximum atomic E-state index is 10.5. The van der Waals surface area contributed by atoms with Crippen molar-refractivity contribution in [3.8, 4) is 0 Å². The summed E-state index contributed by atoms with van der Waals surface area (Å²) in [6.07, 6.45) is 8.80. The zero-order chi connectivity index (χ0) is 17.1. The van der Waals surface area contributed by atoms with E-state index in [1.54, 1.807) is 0 Å². The predicted molar refractivity (Wildman–Crippen MR) is 101 cm³/mol. The molecule has 4 heteroatoms. The Bertz CT molecular complexity index is 518. The second kappa shape index (κ2) is 8.07. The first-order chi connectivity index (χ1) is 12.3. The maximum Gasteiger partial charge on any atom is 0.0900 e. The zero-order valence-electron chi connectivity index (χ0n) is 15.2. The van der Waals surface area contributed by atoms with Gasteiger partial charge in [-0.2, -0.15) is 0 Å². The molecule has 1 aliphatic carbocycles. The van der Waals surface area contributed by atoms with Crippen LogP contribution in [0.4, 0.5) is 5.69 Å². The minimum atomic E-state index is -0.353. The van der Waals surface area contributed by atoms with Gasteiger partial charge in [-0.15, -0.1) is 0 Å². The van der Waals surface area contributed by atoms with Crippen LogP contribution in [0.5, 0.6) is 0 Å². The highest BCUT2D eigenvalue weighted by molar-refractivity contribution is 5.47. The van der Waals surface area contributed by atoms with E-state index in [-0.39, 0.29) is 6.10 Å². The highest BCUT2D eigenvalue weighted by Crippen LogP contribution is 2.32. The van der Waals surface area contributed by atoms with E-state index in [1.165, 1.54) is 50.6 Å². The molecule has 25 heavy (non-hydrogen) atoms. The van der Waals surface area contributed by atoms with Crippen LogP contribution < -0.4 is 4.90 Å². The van der Waals surface area contributed by atoms with Crippen LogP contribution in [-0.4, -0.2) is 60.5 Å². The Balaban J connectivity index is 1.27. The molecular formula is C21H32N2O2. The van der Waals surface area contributed by atoms with Gasteiger partial charge in [-0.3, -0.25) is 4.90 Å². The summed E-state index contributed by atoms with van der Waals surface area (Å²) < 4.78 is 5.98. The van der Waals surface area contributed by atoms with Gasteiger partial charge in [0.2, 0.25) is 0 Å². The summed E-state index contributed by atoms with van der Waals surface area (Å²) in [5, 5.41) is 10.5. The Hall–Kier alpha value is -1.10. The Morgan fingerprint density at radius 1 is 0.960 bits per heavy atom. The SMILES string of the molecule is O[C@@H](COC1CCCCC1)CN1[C@@H]2CC[C@H]1CN(c1ccccc1)C2. The number of hydrogen-bond acceptors (Lipinski definition) is 4. The fourth-order valence-corrected chi connectivity index (χ4v) is 4.91. The smallest absolute Gasteiger partial charge is 0.0900 e. The highest BCUT2D eigenvalue weighted by atomic mass is 16.5. The highest BCUT2D eigenvalue weighted by Gasteiger charge is 2.40. The summed E-state index contributed by atoms with van der Waals surface area (Å²) >= 11 is 0. The van der Waals surface area contributed by atoms with E-state index in [9.17, 15) is 5.11 Å². The second-order valence-corrected chi connectivity index (χ2v) is 8.07. The molecule has 138 valence electrons. The molecule has 0 radical (unpaired) electrons. The molecule has 3 aliphatic rings. The Morgan fingerprint density at radius 2 is 1.64 bits per heavy atom.